The molecule has 2 N–H and O–H groups in total. The van der Waals surface area contributed by atoms with E-state index >= 15 is 0 Å². The van der Waals surface area contributed by atoms with Crippen molar-refractivity contribution in [1.29, 1.82) is 0 Å². The van der Waals surface area contributed by atoms with Crippen molar-refractivity contribution >= 4 is 5.69 Å². The van der Waals surface area contributed by atoms with Crippen LogP contribution < -0.4 is 10.9 Å². The van der Waals surface area contributed by atoms with Gasteiger partial charge in [0.05, 0.1) is 11.4 Å². The Morgan fingerprint density at radius 3 is 2.53 bits per heavy atom. The van der Waals surface area contributed by atoms with E-state index in [9.17, 15) is 0 Å². The van der Waals surface area contributed by atoms with Crippen LogP contribution in [-0.2, 0) is 0 Å². The maximum atomic E-state index is 5.98. The summed E-state index contributed by atoms with van der Waals surface area (Å²) in [5.74, 6) is 5.98. The van der Waals surface area contributed by atoms with Crippen LogP contribution in [0.25, 0.3) is 0 Å². The number of hydrogen-bond donors (Lipinski definition) is 1. The lowest BCUT2D eigenvalue weighted by Crippen LogP contribution is -2.28. The Labute approximate surface area is 91.0 Å². The fourth-order valence-electron chi connectivity index (χ4n) is 1.25. The molecule has 1 aromatic rings. The summed E-state index contributed by atoms with van der Waals surface area (Å²) in [5, 5.41) is 1.63. The Morgan fingerprint density at radius 1 is 1.33 bits per heavy atom. The maximum Gasteiger partial charge on any atom is 0.0575 e. The molecule has 0 aliphatic rings. The molecule has 0 aliphatic carbocycles. The van der Waals surface area contributed by atoms with Gasteiger partial charge in [-0.15, -0.1) is 0 Å². The van der Waals surface area contributed by atoms with E-state index in [1.807, 2.05) is 55.5 Å². The number of allylic oxidation sites excluding steroid dienone is 4. The third-order valence-corrected chi connectivity index (χ3v) is 1.94. The molecule has 0 bridgehead atoms. The Balaban J connectivity index is 2.96. The van der Waals surface area contributed by atoms with Crippen LogP contribution in [0.4, 0.5) is 5.69 Å². The van der Waals surface area contributed by atoms with E-state index in [4.69, 9.17) is 5.84 Å². The van der Waals surface area contributed by atoms with Gasteiger partial charge in [-0.1, -0.05) is 36.9 Å². The van der Waals surface area contributed by atoms with Gasteiger partial charge in [0.2, 0.25) is 0 Å². The molecule has 0 aliphatic heterocycles. The Morgan fingerprint density at radius 2 is 2.00 bits per heavy atom. The predicted molar refractivity (Wildman–Crippen MR) is 66.2 cm³/mol. The summed E-state index contributed by atoms with van der Waals surface area (Å²) in [6, 6.07) is 9.79. The van der Waals surface area contributed by atoms with E-state index < -0.39 is 0 Å². The summed E-state index contributed by atoms with van der Waals surface area (Å²) >= 11 is 0. The van der Waals surface area contributed by atoms with Crippen LogP contribution in [0, 0.1) is 0 Å². The average Bonchev–Trinajstić information content (AvgIpc) is 2.29. The third-order valence-electron chi connectivity index (χ3n) is 1.94. The maximum absolute atomic E-state index is 5.98. The Hall–Kier alpha value is -1.80. The zero-order valence-corrected chi connectivity index (χ0v) is 8.93. The molecule has 0 saturated heterocycles. The van der Waals surface area contributed by atoms with Gasteiger partial charge in [-0.2, -0.15) is 0 Å². The highest BCUT2D eigenvalue weighted by Crippen LogP contribution is 2.15. The van der Waals surface area contributed by atoms with Crippen molar-refractivity contribution in [3.8, 4) is 0 Å². The quantitative estimate of drug-likeness (QED) is 0.460. The van der Waals surface area contributed by atoms with Gasteiger partial charge in [0.15, 0.2) is 0 Å². The van der Waals surface area contributed by atoms with Crippen molar-refractivity contribution in [3.63, 3.8) is 0 Å². The van der Waals surface area contributed by atoms with E-state index in [0.29, 0.717) is 0 Å². The first-order valence-corrected chi connectivity index (χ1v) is 4.85. The molecular formula is C13H16N2. The monoisotopic (exact) mass is 200 g/mol. The van der Waals surface area contributed by atoms with Crippen molar-refractivity contribution in [3.05, 3.63) is 66.9 Å². The standard InChI is InChI=1S/C13H16N2/c1-3-8-12(9-4-2)15(14)13-10-6-5-7-11-13/h3-11H,1,14H2,2H3/b9-4-,12-8+. The largest absolute Gasteiger partial charge is 0.280 e. The second kappa shape index (κ2) is 5.83. The molecule has 0 unspecified atom stereocenters. The van der Waals surface area contributed by atoms with Gasteiger partial charge in [-0.05, 0) is 31.2 Å². The lowest BCUT2D eigenvalue weighted by Gasteiger charge is -2.19. The first-order valence-electron chi connectivity index (χ1n) is 4.85. The number of hydrazine groups is 1. The van der Waals surface area contributed by atoms with E-state index in [1.165, 1.54) is 0 Å². The Bertz CT molecular complexity index is 363. The molecule has 0 atom stereocenters. The van der Waals surface area contributed by atoms with Gasteiger partial charge in [-0.25, -0.2) is 5.84 Å². The minimum absolute atomic E-state index is 0.902. The first kappa shape index (κ1) is 11.3. The van der Waals surface area contributed by atoms with Crippen molar-refractivity contribution in [2.45, 2.75) is 6.92 Å². The molecule has 0 spiro atoms. The van der Waals surface area contributed by atoms with Gasteiger partial charge in [-0.3, -0.25) is 5.01 Å². The normalized spacial score (nSPS) is 11.7. The summed E-state index contributed by atoms with van der Waals surface area (Å²) in [6.07, 6.45) is 7.47. The van der Waals surface area contributed by atoms with Gasteiger partial charge >= 0.3 is 0 Å². The molecule has 78 valence electrons. The highest BCUT2D eigenvalue weighted by molar-refractivity contribution is 5.53. The molecule has 0 fully saturated rings. The molecule has 0 heterocycles. The molecular weight excluding hydrogens is 184 g/mol. The molecule has 15 heavy (non-hydrogen) atoms. The van der Waals surface area contributed by atoms with Crippen molar-refractivity contribution < 1.29 is 0 Å². The topological polar surface area (TPSA) is 29.3 Å². The van der Waals surface area contributed by atoms with E-state index in [2.05, 4.69) is 6.58 Å². The molecule has 1 aromatic carbocycles. The second-order valence-electron chi connectivity index (χ2n) is 3.03. The molecule has 0 aromatic heterocycles. The van der Waals surface area contributed by atoms with Crippen molar-refractivity contribution in [2.75, 3.05) is 5.01 Å². The van der Waals surface area contributed by atoms with Gasteiger partial charge in [0.1, 0.15) is 0 Å². The fourth-order valence-corrected chi connectivity index (χ4v) is 1.25. The third kappa shape index (κ3) is 3.11. The summed E-state index contributed by atoms with van der Waals surface area (Å²) in [5.41, 5.74) is 1.85. The molecule has 2 nitrogen and oxygen atoms in total. The van der Waals surface area contributed by atoms with E-state index in [-0.39, 0.29) is 0 Å². The highest BCUT2D eigenvalue weighted by atomic mass is 15.4. The van der Waals surface area contributed by atoms with Crippen LogP contribution in [0.5, 0.6) is 0 Å². The average molecular weight is 200 g/mol. The summed E-state index contributed by atoms with van der Waals surface area (Å²) in [4.78, 5) is 0. The molecule has 0 amide bonds. The van der Waals surface area contributed by atoms with Gasteiger partial charge in [0.25, 0.3) is 0 Å². The van der Waals surface area contributed by atoms with Gasteiger partial charge in [0, 0.05) is 0 Å². The summed E-state index contributed by atoms with van der Waals surface area (Å²) in [7, 11) is 0. The van der Waals surface area contributed by atoms with Crippen LogP contribution in [0.15, 0.2) is 66.9 Å². The van der Waals surface area contributed by atoms with Crippen LogP contribution >= 0.6 is 0 Å². The second-order valence-corrected chi connectivity index (χ2v) is 3.03. The number of anilines is 1. The number of nitrogens with two attached hydrogens (primary N) is 1. The zero-order valence-electron chi connectivity index (χ0n) is 8.93. The molecule has 1 rings (SSSR count). The van der Waals surface area contributed by atoms with E-state index in [0.717, 1.165) is 11.4 Å². The number of rotatable bonds is 4. The minimum atomic E-state index is 0.902. The number of benzene rings is 1. The molecule has 0 radical (unpaired) electrons. The fraction of sp³-hybridized carbons (Fsp3) is 0.0769. The molecule has 0 saturated carbocycles. The van der Waals surface area contributed by atoms with Crippen molar-refractivity contribution in [1.82, 2.24) is 0 Å². The van der Waals surface area contributed by atoms with Crippen LogP contribution in [0.2, 0.25) is 0 Å². The number of nitrogens with zero attached hydrogens (tertiary/aromatic N) is 1. The van der Waals surface area contributed by atoms with Crippen LogP contribution in [-0.4, -0.2) is 0 Å². The number of para-hydroxylation sites is 1. The first-order chi connectivity index (χ1) is 7.29. The molecule has 2 heteroatoms. The van der Waals surface area contributed by atoms with E-state index in [1.54, 1.807) is 11.1 Å². The predicted octanol–water partition coefficient (Wildman–Crippen LogP) is 3.01. The lowest BCUT2D eigenvalue weighted by atomic mass is 10.2. The number of hydrogen-bond acceptors (Lipinski definition) is 2. The SMILES string of the molecule is C=C/C=C(\C=C/C)N(N)c1ccccc1. The van der Waals surface area contributed by atoms with Crippen molar-refractivity contribution in [2.24, 2.45) is 5.84 Å². The Kier molecular flexibility index (Phi) is 4.38. The smallest absolute Gasteiger partial charge is 0.0575 e. The highest BCUT2D eigenvalue weighted by Gasteiger charge is 2.02. The summed E-state index contributed by atoms with van der Waals surface area (Å²) in [6.45, 7) is 5.62. The minimum Gasteiger partial charge on any atom is -0.280 e. The lowest BCUT2D eigenvalue weighted by molar-refractivity contribution is 1.03. The zero-order chi connectivity index (χ0) is 11.1. The van der Waals surface area contributed by atoms with Crippen LogP contribution in [0.1, 0.15) is 6.92 Å². The van der Waals surface area contributed by atoms with Crippen LogP contribution in [0.3, 0.4) is 0 Å². The van der Waals surface area contributed by atoms with Gasteiger partial charge < -0.3 is 0 Å². The summed E-state index contributed by atoms with van der Waals surface area (Å²) < 4.78 is 0.